The molecule has 1 N–H and O–H groups in total. The number of hydrogen-bond donors (Lipinski definition) is 1. The van der Waals surface area contributed by atoms with Crippen LogP contribution >= 0.6 is 0 Å². The van der Waals surface area contributed by atoms with Crippen molar-refractivity contribution >= 4 is 27.3 Å². The molecule has 1 fully saturated rings. The Kier molecular flexibility index (Phi) is 5.27. The number of nitrogens with zero attached hydrogens (tertiary/aromatic N) is 1. The average molecular weight is 390 g/mol. The van der Waals surface area contributed by atoms with Crippen LogP contribution in [0.25, 0.3) is 0 Å². The van der Waals surface area contributed by atoms with E-state index in [1.807, 2.05) is 0 Å². The number of sulfone groups is 1. The maximum atomic E-state index is 13.2. The van der Waals surface area contributed by atoms with Gasteiger partial charge in [0.2, 0.25) is 0 Å². The number of nitrogens with one attached hydrogen (secondary N) is 1. The molecular weight excluding hydrogens is 371 g/mol. The third-order valence-corrected chi connectivity index (χ3v) is 6.28. The van der Waals surface area contributed by atoms with Crippen LogP contribution in [-0.4, -0.2) is 49.7 Å². The van der Waals surface area contributed by atoms with Gasteiger partial charge in [-0.3, -0.25) is 9.59 Å². The van der Waals surface area contributed by atoms with Crippen LogP contribution in [-0.2, 0) is 9.84 Å². The quantitative estimate of drug-likeness (QED) is 0.869. The summed E-state index contributed by atoms with van der Waals surface area (Å²) >= 11 is 0. The number of halogens is 1. The zero-order valence-electron chi connectivity index (χ0n) is 14.7. The van der Waals surface area contributed by atoms with Crippen LogP contribution in [0.3, 0.4) is 0 Å². The normalized spacial score (nSPS) is 18.1. The highest BCUT2D eigenvalue weighted by Gasteiger charge is 2.33. The van der Waals surface area contributed by atoms with Crippen molar-refractivity contribution in [3.05, 3.63) is 65.5 Å². The molecule has 27 heavy (non-hydrogen) atoms. The monoisotopic (exact) mass is 390 g/mol. The first kappa shape index (κ1) is 19.0. The number of anilines is 1. The highest BCUT2D eigenvalue weighted by molar-refractivity contribution is 7.91. The summed E-state index contributed by atoms with van der Waals surface area (Å²) in [5.74, 6) is -1.26. The Bertz CT molecular complexity index is 991. The molecule has 2 aromatic carbocycles. The molecule has 8 heteroatoms. The van der Waals surface area contributed by atoms with Gasteiger partial charge in [0.05, 0.1) is 11.5 Å². The zero-order valence-corrected chi connectivity index (χ0v) is 15.5. The first-order chi connectivity index (χ1) is 12.7. The Morgan fingerprint density at radius 1 is 1.11 bits per heavy atom. The minimum Gasteiger partial charge on any atom is -0.338 e. The molecule has 1 atom stereocenters. The van der Waals surface area contributed by atoms with Crippen molar-refractivity contribution in [2.75, 3.05) is 23.9 Å². The van der Waals surface area contributed by atoms with Crippen molar-refractivity contribution in [3.63, 3.8) is 0 Å². The van der Waals surface area contributed by atoms with Crippen LogP contribution in [0.4, 0.5) is 10.1 Å². The molecule has 1 aliphatic heterocycles. The molecule has 3 rings (SSSR count). The largest absolute Gasteiger partial charge is 0.338 e. The topological polar surface area (TPSA) is 83.6 Å². The summed E-state index contributed by atoms with van der Waals surface area (Å²) in [4.78, 5) is 26.5. The fraction of sp³-hybridized carbons (Fsp3) is 0.263. The molecule has 1 aliphatic rings. The molecule has 0 bridgehead atoms. The van der Waals surface area contributed by atoms with Gasteiger partial charge < -0.3 is 10.2 Å². The fourth-order valence-electron chi connectivity index (χ4n) is 3.01. The van der Waals surface area contributed by atoms with E-state index in [1.165, 1.54) is 29.2 Å². The number of hydrogen-bond acceptors (Lipinski definition) is 4. The molecule has 6 nitrogen and oxygen atoms in total. The van der Waals surface area contributed by atoms with Crippen molar-refractivity contribution in [1.82, 2.24) is 4.90 Å². The van der Waals surface area contributed by atoms with Crippen LogP contribution in [0.15, 0.2) is 48.5 Å². The number of benzene rings is 2. The fourth-order valence-corrected chi connectivity index (χ4v) is 4.79. The molecule has 1 unspecified atom stereocenters. The SMILES string of the molecule is CN(C(=O)c1cccc(C(=O)Nc2cccc(F)c2)c1)C1CCS(=O)(=O)C1. The van der Waals surface area contributed by atoms with Crippen molar-refractivity contribution in [2.24, 2.45) is 0 Å². The maximum absolute atomic E-state index is 13.2. The smallest absolute Gasteiger partial charge is 0.255 e. The summed E-state index contributed by atoms with van der Waals surface area (Å²) < 4.78 is 36.5. The van der Waals surface area contributed by atoms with Crippen LogP contribution in [0.1, 0.15) is 27.1 Å². The highest BCUT2D eigenvalue weighted by atomic mass is 32.2. The van der Waals surface area contributed by atoms with Crippen LogP contribution < -0.4 is 5.32 Å². The van der Waals surface area contributed by atoms with Gasteiger partial charge in [-0.15, -0.1) is 0 Å². The summed E-state index contributed by atoms with van der Waals surface area (Å²) in [5, 5.41) is 2.58. The summed E-state index contributed by atoms with van der Waals surface area (Å²) in [5.41, 5.74) is 0.844. The molecule has 0 aliphatic carbocycles. The lowest BCUT2D eigenvalue weighted by molar-refractivity contribution is 0.0747. The molecule has 142 valence electrons. The lowest BCUT2D eigenvalue weighted by Gasteiger charge is -2.23. The lowest BCUT2D eigenvalue weighted by atomic mass is 10.1. The Labute approximate surface area is 156 Å². The van der Waals surface area contributed by atoms with E-state index in [1.54, 1.807) is 31.3 Å². The second-order valence-corrected chi connectivity index (χ2v) is 8.75. The predicted molar refractivity (Wildman–Crippen MR) is 99.9 cm³/mol. The van der Waals surface area contributed by atoms with E-state index in [0.29, 0.717) is 12.1 Å². The van der Waals surface area contributed by atoms with Crippen molar-refractivity contribution in [2.45, 2.75) is 12.5 Å². The minimum atomic E-state index is -3.10. The Balaban J connectivity index is 1.74. The van der Waals surface area contributed by atoms with Gasteiger partial charge in [0.1, 0.15) is 5.82 Å². The van der Waals surface area contributed by atoms with Gasteiger partial charge in [-0.2, -0.15) is 0 Å². The number of rotatable bonds is 4. The Morgan fingerprint density at radius 2 is 1.81 bits per heavy atom. The van der Waals surface area contributed by atoms with E-state index >= 15 is 0 Å². The lowest BCUT2D eigenvalue weighted by Crippen LogP contribution is -2.37. The van der Waals surface area contributed by atoms with E-state index in [2.05, 4.69) is 5.32 Å². The molecule has 0 saturated carbocycles. The zero-order chi connectivity index (χ0) is 19.6. The van der Waals surface area contributed by atoms with E-state index in [0.717, 1.165) is 0 Å². The predicted octanol–water partition coefficient (Wildman–Crippen LogP) is 2.34. The van der Waals surface area contributed by atoms with Crippen molar-refractivity contribution < 1.29 is 22.4 Å². The molecule has 1 heterocycles. The third-order valence-electron chi connectivity index (χ3n) is 4.53. The molecule has 0 aromatic heterocycles. The van der Waals surface area contributed by atoms with E-state index in [4.69, 9.17) is 0 Å². The Hall–Kier alpha value is -2.74. The van der Waals surface area contributed by atoms with Gasteiger partial charge in [0.15, 0.2) is 9.84 Å². The summed E-state index contributed by atoms with van der Waals surface area (Å²) in [6.07, 6.45) is 0.407. The minimum absolute atomic E-state index is 0.0466. The van der Waals surface area contributed by atoms with E-state index < -0.39 is 21.6 Å². The van der Waals surface area contributed by atoms with Gasteiger partial charge in [-0.25, -0.2) is 12.8 Å². The summed E-state index contributed by atoms with van der Waals surface area (Å²) in [7, 11) is -1.54. The first-order valence-corrected chi connectivity index (χ1v) is 10.2. The average Bonchev–Trinajstić information content (AvgIpc) is 3.00. The number of carbonyl (C=O) groups excluding carboxylic acids is 2. The molecular formula is C19H19FN2O4S. The van der Waals surface area contributed by atoms with Gasteiger partial charge in [0.25, 0.3) is 11.8 Å². The van der Waals surface area contributed by atoms with Crippen molar-refractivity contribution in [1.29, 1.82) is 0 Å². The van der Waals surface area contributed by atoms with Gasteiger partial charge in [0, 0.05) is 29.9 Å². The second kappa shape index (κ2) is 7.48. The standard InChI is InChI=1S/C19H19FN2O4S/c1-22(17-8-9-27(25,26)12-17)19(24)14-5-2-4-13(10-14)18(23)21-16-7-3-6-15(20)11-16/h2-7,10-11,17H,8-9,12H2,1H3,(H,21,23). The van der Waals surface area contributed by atoms with E-state index in [-0.39, 0.29) is 34.6 Å². The van der Waals surface area contributed by atoms with Gasteiger partial charge >= 0.3 is 0 Å². The maximum Gasteiger partial charge on any atom is 0.255 e. The first-order valence-electron chi connectivity index (χ1n) is 8.40. The molecule has 0 radical (unpaired) electrons. The highest BCUT2D eigenvalue weighted by Crippen LogP contribution is 2.19. The summed E-state index contributed by atoms with van der Waals surface area (Å²) in [6, 6.07) is 11.3. The van der Waals surface area contributed by atoms with Gasteiger partial charge in [-0.05, 0) is 42.8 Å². The summed E-state index contributed by atoms with van der Waals surface area (Å²) in [6.45, 7) is 0. The van der Waals surface area contributed by atoms with Crippen LogP contribution in [0.5, 0.6) is 0 Å². The third kappa shape index (κ3) is 4.51. The number of amides is 2. The second-order valence-electron chi connectivity index (χ2n) is 6.52. The molecule has 2 aromatic rings. The Morgan fingerprint density at radius 3 is 2.48 bits per heavy atom. The van der Waals surface area contributed by atoms with Crippen LogP contribution in [0.2, 0.25) is 0 Å². The number of carbonyl (C=O) groups is 2. The van der Waals surface area contributed by atoms with Crippen molar-refractivity contribution in [3.8, 4) is 0 Å². The molecule has 2 amide bonds. The van der Waals surface area contributed by atoms with E-state index in [9.17, 15) is 22.4 Å². The van der Waals surface area contributed by atoms with Crippen LogP contribution in [0, 0.1) is 5.82 Å². The molecule has 1 saturated heterocycles. The van der Waals surface area contributed by atoms with Gasteiger partial charge in [-0.1, -0.05) is 12.1 Å². The molecule has 0 spiro atoms.